The molecule has 4 nitrogen and oxygen atoms in total. The van der Waals surface area contributed by atoms with Gasteiger partial charge in [-0.15, -0.1) is 0 Å². The Morgan fingerprint density at radius 1 is 1.00 bits per heavy atom. The largest absolute Gasteiger partial charge is 0.496 e. The molecule has 32 heavy (non-hydrogen) atoms. The van der Waals surface area contributed by atoms with Gasteiger partial charge < -0.3 is 10.1 Å². The van der Waals surface area contributed by atoms with Crippen LogP contribution in [-0.4, -0.2) is 16.7 Å². The Morgan fingerprint density at radius 3 is 2.47 bits per heavy atom. The third-order valence-electron chi connectivity index (χ3n) is 4.88. The average Bonchev–Trinajstić information content (AvgIpc) is 3.22. The molecule has 0 fully saturated rings. The van der Waals surface area contributed by atoms with Crippen molar-refractivity contribution in [3.63, 3.8) is 0 Å². The van der Waals surface area contributed by atoms with Crippen LogP contribution in [0.2, 0.25) is 0 Å². The fourth-order valence-electron chi connectivity index (χ4n) is 3.34. The van der Waals surface area contributed by atoms with E-state index in [0.29, 0.717) is 11.5 Å². The van der Waals surface area contributed by atoms with Crippen molar-refractivity contribution in [2.45, 2.75) is 12.7 Å². The summed E-state index contributed by atoms with van der Waals surface area (Å²) in [5.41, 5.74) is 2.46. The smallest absolute Gasteiger partial charge is 0.419 e. The first-order valence-corrected chi connectivity index (χ1v) is 10.5. The molecule has 1 heterocycles. The van der Waals surface area contributed by atoms with E-state index in [-0.39, 0.29) is 12.3 Å². The summed E-state index contributed by atoms with van der Waals surface area (Å²) in [6.45, 7) is 0.272. The summed E-state index contributed by atoms with van der Waals surface area (Å²) >= 11 is 3.49. The van der Waals surface area contributed by atoms with Crippen LogP contribution in [0.3, 0.4) is 0 Å². The van der Waals surface area contributed by atoms with Gasteiger partial charge in [0.25, 0.3) is 0 Å². The van der Waals surface area contributed by atoms with Gasteiger partial charge in [-0.25, -0.2) is 4.98 Å². The number of hydrogen-bond donors (Lipinski definition) is 1. The number of halogens is 4. The minimum atomic E-state index is -4.47. The second-order valence-corrected chi connectivity index (χ2v) is 7.97. The molecule has 0 atom stereocenters. The maximum atomic E-state index is 13.1. The monoisotopic (exact) mass is 501 g/mol. The molecule has 8 heteroatoms. The molecular formula is C24H19BrF3N3O. The number of nitrogens with one attached hydrogen (secondary N) is 1. The highest BCUT2D eigenvalue weighted by Crippen LogP contribution is 2.36. The van der Waals surface area contributed by atoms with Gasteiger partial charge in [-0.2, -0.15) is 13.2 Å². The van der Waals surface area contributed by atoms with Crippen LogP contribution in [0, 0.1) is 0 Å². The van der Waals surface area contributed by atoms with Crippen LogP contribution in [0.4, 0.5) is 19.1 Å². The molecule has 0 radical (unpaired) electrons. The standard InChI is InChI=1S/C24H19BrF3N3O/c1-32-22-12-16(10-11-20(22)24(26,27)28)14-29-23-30-21(17-6-3-2-4-7-17)15-31(23)19-9-5-8-18(25)13-19/h2-13,15H,14H2,1H3,(H,29,30). The third kappa shape index (κ3) is 4.80. The van der Waals surface area contributed by atoms with Gasteiger partial charge in [0, 0.05) is 28.5 Å². The number of rotatable bonds is 6. The molecule has 0 bridgehead atoms. The number of imidazole rings is 1. The quantitative estimate of drug-likeness (QED) is 0.311. The SMILES string of the molecule is COc1cc(CNc2nc(-c3ccccc3)cn2-c2cccc(Br)c2)ccc1C(F)(F)F. The highest BCUT2D eigenvalue weighted by molar-refractivity contribution is 9.10. The van der Waals surface area contributed by atoms with Crippen LogP contribution in [0.25, 0.3) is 16.9 Å². The van der Waals surface area contributed by atoms with E-state index in [9.17, 15) is 13.2 Å². The summed E-state index contributed by atoms with van der Waals surface area (Å²) in [4.78, 5) is 4.73. The second-order valence-electron chi connectivity index (χ2n) is 7.05. The van der Waals surface area contributed by atoms with Gasteiger partial charge in [0.1, 0.15) is 5.75 Å². The van der Waals surface area contributed by atoms with Crippen LogP contribution < -0.4 is 10.1 Å². The van der Waals surface area contributed by atoms with E-state index >= 15 is 0 Å². The summed E-state index contributed by atoms with van der Waals surface area (Å²) in [6.07, 6.45) is -2.55. The predicted molar refractivity (Wildman–Crippen MR) is 122 cm³/mol. The Balaban J connectivity index is 1.66. The normalized spacial score (nSPS) is 11.4. The molecular weight excluding hydrogens is 483 g/mol. The number of aromatic nitrogens is 2. The third-order valence-corrected chi connectivity index (χ3v) is 5.38. The Kier molecular flexibility index (Phi) is 6.23. The van der Waals surface area contributed by atoms with Crippen molar-refractivity contribution in [1.29, 1.82) is 0 Å². The number of nitrogens with zero attached hydrogens (tertiary/aromatic N) is 2. The van der Waals surface area contributed by atoms with Crippen LogP contribution >= 0.6 is 15.9 Å². The zero-order valence-corrected chi connectivity index (χ0v) is 18.6. The van der Waals surface area contributed by atoms with Gasteiger partial charge in [0.2, 0.25) is 5.95 Å². The summed E-state index contributed by atoms with van der Waals surface area (Å²) in [5, 5.41) is 3.25. The number of methoxy groups -OCH3 is 1. The molecule has 0 amide bonds. The first-order chi connectivity index (χ1) is 15.3. The van der Waals surface area contributed by atoms with E-state index in [2.05, 4.69) is 21.2 Å². The van der Waals surface area contributed by atoms with Crippen molar-refractivity contribution in [3.8, 4) is 22.7 Å². The van der Waals surface area contributed by atoms with Crippen molar-refractivity contribution in [3.05, 3.63) is 94.6 Å². The molecule has 4 rings (SSSR count). The fraction of sp³-hybridized carbons (Fsp3) is 0.125. The molecule has 0 aliphatic heterocycles. The number of anilines is 1. The first kappa shape index (κ1) is 22.0. The van der Waals surface area contributed by atoms with E-state index in [0.717, 1.165) is 27.5 Å². The summed E-state index contributed by atoms with van der Waals surface area (Å²) in [6, 6.07) is 21.4. The average molecular weight is 502 g/mol. The van der Waals surface area contributed by atoms with E-state index in [4.69, 9.17) is 9.72 Å². The Bertz CT molecular complexity index is 1220. The van der Waals surface area contributed by atoms with Gasteiger partial charge in [-0.3, -0.25) is 4.57 Å². The molecule has 0 saturated carbocycles. The molecule has 3 aromatic carbocycles. The lowest BCUT2D eigenvalue weighted by molar-refractivity contribution is -0.138. The van der Waals surface area contributed by atoms with Crippen molar-refractivity contribution >= 4 is 21.9 Å². The molecule has 0 aliphatic carbocycles. The van der Waals surface area contributed by atoms with E-state index in [1.807, 2.05) is 65.4 Å². The van der Waals surface area contributed by atoms with Crippen LogP contribution in [0.1, 0.15) is 11.1 Å². The maximum Gasteiger partial charge on any atom is 0.419 e. The summed E-state index contributed by atoms with van der Waals surface area (Å²) < 4.78 is 47.2. The van der Waals surface area contributed by atoms with Gasteiger partial charge in [0.05, 0.1) is 18.4 Å². The van der Waals surface area contributed by atoms with Crippen molar-refractivity contribution in [2.24, 2.45) is 0 Å². The lowest BCUT2D eigenvalue weighted by atomic mass is 10.1. The minimum Gasteiger partial charge on any atom is -0.496 e. The fourth-order valence-corrected chi connectivity index (χ4v) is 3.72. The van der Waals surface area contributed by atoms with Gasteiger partial charge in [-0.1, -0.05) is 58.4 Å². The van der Waals surface area contributed by atoms with E-state index in [1.165, 1.54) is 19.2 Å². The molecule has 0 saturated heterocycles. The molecule has 0 spiro atoms. The van der Waals surface area contributed by atoms with Crippen LogP contribution in [-0.2, 0) is 12.7 Å². The molecule has 0 aliphatic rings. The maximum absolute atomic E-state index is 13.1. The minimum absolute atomic E-state index is 0.211. The topological polar surface area (TPSA) is 39.1 Å². The first-order valence-electron chi connectivity index (χ1n) is 9.74. The molecule has 4 aromatic rings. The Labute approximate surface area is 191 Å². The van der Waals surface area contributed by atoms with Gasteiger partial charge >= 0.3 is 6.18 Å². The van der Waals surface area contributed by atoms with Crippen LogP contribution in [0.5, 0.6) is 5.75 Å². The highest BCUT2D eigenvalue weighted by Gasteiger charge is 2.34. The summed E-state index contributed by atoms with van der Waals surface area (Å²) in [5.74, 6) is 0.359. The lowest BCUT2D eigenvalue weighted by Gasteiger charge is -2.14. The number of hydrogen-bond acceptors (Lipinski definition) is 3. The number of alkyl halides is 3. The predicted octanol–water partition coefficient (Wildman–Crippen LogP) is 6.94. The lowest BCUT2D eigenvalue weighted by Crippen LogP contribution is -2.10. The summed E-state index contributed by atoms with van der Waals surface area (Å²) in [7, 11) is 1.23. The van der Waals surface area contributed by atoms with Gasteiger partial charge in [0.15, 0.2) is 0 Å². The van der Waals surface area contributed by atoms with E-state index < -0.39 is 11.7 Å². The Morgan fingerprint density at radius 2 is 1.78 bits per heavy atom. The number of ether oxygens (including phenoxy) is 1. The van der Waals surface area contributed by atoms with Crippen molar-refractivity contribution in [2.75, 3.05) is 12.4 Å². The van der Waals surface area contributed by atoms with Crippen molar-refractivity contribution in [1.82, 2.24) is 9.55 Å². The zero-order chi connectivity index (χ0) is 22.7. The van der Waals surface area contributed by atoms with Gasteiger partial charge in [-0.05, 0) is 35.9 Å². The molecule has 0 unspecified atom stereocenters. The van der Waals surface area contributed by atoms with Crippen molar-refractivity contribution < 1.29 is 17.9 Å². The molecule has 1 N–H and O–H groups in total. The Hall–Kier alpha value is -3.26. The molecule has 164 valence electrons. The zero-order valence-electron chi connectivity index (χ0n) is 17.0. The van der Waals surface area contributed by atoms with Crippen LogP contribution in [0.15, 0.2) is 83.5 Å². The highest BCUT2D eigenvalue weighted by atomic mass is 79.9. The molecule has 1 aromatic heterocycles. The number of benzene rings is 3. The van der Waals surface area contributed by atoms with E-state index in [1.54, 1.807) is 0 Å². The second kappa shape index (κ2) is 9.08.